The molecular formula is C10H16ClN3S. The molecule has 1 aliphatic rings. The van der Waals surface area contributed by atoms with Gasteiger partial charge < -0.3 is 0 Å². The van der Waals surface area contributed by atoms with E-state index in [0.29, 0.717) is 5.41 Å². The van der Waals surface area contributed by atoms with Gasteiger partial charge in [-0.2, -0.15) is 0 Å². The molecule has 0 amide bonds. The number of nitrogens with zero attached hydrogens (tertiary/aromatic N) is 3. The average molecular weight is 246 g/mol. The number of piperidine rings is 1. The van der Waals surface area contributed by atoms with Crippen molar-refractivity contribution in [2.24, 2.45) is 5.41 Å². The minimum Gasteiger partial charge on any atom is -0.297 e. The van der Waals surface area contributed by atoms with Crippen molar-refractivity contribution in [3.63, 3.8) is 0 Å². The zero-order chi connectivity index (χ0) is 10.7. The molecule has 0 N–H and O–H groups in total. The van der Waals surface area contributed by atoms with Crippen LogP contribution in [0.2, 0.25) is 0 Å². The quantitative estimate of drug-likeness (QED) is 0.766. The summed E-state index contributed by atoms with van der Waals surface area (Å²) in [5, 5.41) is 6.09. The number of hydrogen-bond donors (Lipinski definition) is 0. The lowest BCUT2D eigenvalue weighted by molar-refractivity contribution is 0.128. The van der Waals surface area contributed by atoms with Gasteiger partial charge in [-0.25, -0.2) is 0 Å². The van der Waals surface area contributed by atoms with Crippen molar-refractivity contribution in [3.8, 4) is 0 Å². The van der Waals surface area contributed by atoms with Gasteiger partial charge in [-0.05, 0) is 42.9 Å². The summed E-state index contributed by atoms with van der Waals surface area (Å²) in [6.07, 6.45) is 2.38. The van der Waals surface area contributed by atoms with Gasteiger partial charge in [0.25, 0.3) is 0 Å². The first-order valence-electron chi connectivity index (χ1n) is 5.26. The fraction of sp³-hybridized carbons (Fsp3) is 0.800. The molecule has 2 rings (SSSR count). The summed E-state index contributed by atoms with van der Waals surface area (Å²) in [7, 11) is 0. The largest absolute Gasteiger partial charge is 0.297 e. The molecule has 84 valence electrons. The van der Waals surface area contributed by atoms with Crippen LogP contribution in [-0.2, 0) is 6.54 Å². The van der Waals surface area contributed by atoms with Gasteiger partial charge in [-0.3, -0.25) is 4.90 Å². The molecule has 1 fully saturated rings. The standard InChI is InChI=1S/C10H16ClN3S/c1-10(8-11)2-4-14(5-3-10)6-9-7-15-13-12-9/h7H,2-6,8H2,1H3. The Balaban J connectivity index is 1.84. The zero-order valence-electron chi connectivity index (χ0n) is 8.95. The Hall–Kier alpha value is -0.190. The molecule has 0 atom stereocenters. The van der Waals surface area contributed by atoms with Crippen molar-refractivity contribution < 1.29 is 0 Å². The van der Waals surface area contributed by atoms with E-state index in [1.54, 1.807) is 0 Å². The number of halogens is 1. The molecule has 2 heterocycles. The maximum atomic E-state index is 5.97. The first-order chi connectivity index (χ1) is 7.22. The Morgan fingerprint density at radius 2 is 2.27 bits per heavy atom. The van der Waals surface area contributed by atoms with E-state index in [2.05, 4.69) is 21.4 Å². The van der Waals surface area contributed by atoms with E-state index in [1.807, 2.05) is 5.38 Å². The zero-order valence-corrected chi connectivity index (χ0v) is 10.5. The molecule has 1 aromatic heterocycles. The first-order valence-corrected chi connectivity index (χ1v) is 6.63. The summed E-state index contributed by atoms with van der Waals surface area (Å²) in [5.74, 6) is 0.777. The minimum absolute atomic E-state index is 0.346. The maximum Gasteiger partial charge on any atom is 0.0895 e. The molecule has 15 heavy (non-hydrogen) atoms. The van der Waals surface area contributed by atoms with Crippen molar-refractivity contribution >= 4 is 23.1 Å². The Morgan fingerprint density at radius 1 is 1.53 bits per heavy atom. The van der Waals surface area contributed by atoms with Crippen molar-refractivity contribution in [3.05, 3.63) is 11.1 Å². The van der Waals surface area contributed by atoms with Crippen LogP contribution in [0.15, 0.2) is 5.38 Å². The summed E-state index contributed by atoms with van der Waals surface area (Å²) in [6.45, 7) is 5.47. The van der Waals surface area contributed by atoms with Gasteiger partial charge in [-0.1, -0.05) is 11.4 Å². The highest BCUT2D eigenvalue weighted by Gasteiger charge is 2.29. The van der Waals surface area contributed by atoms with Crippen LogP contribution in [0, 0.1) is 5.41 Å². The molecule has 5 heteroatoms. The summed E-state index contributed by atoms with van der Waals surface area (Å²) in [5.41, 5.74) is 1.44. The molecule has 0 bridgehead atoms. The van der Waals surface area contributed by atoms with E-state index >= 15 is 0 Å². The van der Waals surface area contributed by atoms with Crippen molar-refractivity contribution in [2.45, 2.75) is 26.3 Å². The van der Waals surface area contributed by atoms with E-state index in [0.717, 1.165) is 31.2 Å². The highest BCUT2D eigenvalue weighted by atomic mass is 35.5. The van der Waals surface area contributed by atoms with Gasteiger partial charge >= 0.3 is 0 Å². The van der Waals surface area contributed by atoms with Crippen LogP contribution < -0.4 is 0 Å². The molecule has 0 aliphatic carbocycles. The van der Waals surface area contributed by atoms with Gasteiger partial charge in [0.2, 0.25) is 0 Å². The Kier molecular flexibility index (Phi) is 3.59. The third kappa shape index (κ3) is 2.89. The van der Waals surface area contributed by atoms with E-state index in [-0.39, 0.29) is 0 Å². The molecular weight excluding hydrogens is 230 g/mol. The fourth-order valence-electron chi connectivity index (χ4n) is 1.87. The predicted molar refractivity (Wildman–Crippen MR) is 63.2 cm³/mol. The predicted octanol–water partition coefficient (Wildman–Crippen LogP) is 2.38. The van der Waals surface area contributed by atoms with Crippen LogP contribution in [0.5, 0.6) is 0 Å². The SMILES string of the molecule is CC1(CCl)CCN(Cc2csnn2)CC1. The number of hydrogen-bond acceptors (Lipinski definition) is 4. The number of likely N-dealkylation sites (tertiary alicyclic amines) is 1. The highest BCUT2D eigenvalue weighted by Crippen LogP contribution is 2.32. The molecule has 0 spiro atoms. The smallest absolute Gasteiger partial charge is 0.0895 e. The summed E-state index contributed by atoms with van der Waals surface area (Å²) >= 11 is 7.40. The molecule has 3 nitrogen and oxygen atoms in total. The van der Waals surface area contributed by atoms with Gasteiger partial charge in [0.15, 0.2) is 0 Å². The average Bonchev–Trinajstić information content (AvgIpc) is 2.75. The lowest BCUT2D eigenvalue weighted by Gasteiger charge is -2.37. The van der Waals surface area contributed by atoms with Gasteiger partial charge in [-0.15, -0.1) is 16.7 Å². The van der Waals surface area contributed by atoms with Crippen LogP contribution in [0.3, 0.4) is 0 Å². The lowest BCUT2D eigenvalue weighted by Crippen LogP contribution is -2.39. The van der Waals surface area contributed by atoms with Crippen LogP contribution >= 0.6 is 23.1 Å². The van der Waals surface area contributed by atoms with Crippen LogP contribution in [0.4, 0.5) is 0 Å². The second kappa shape index (κ2) is 4.76. The molecule has 1 aromatic rings. The molecule has 1 saturated heterocycles. The Bertz CT molecular complexity index is 294. The summed E-state index contributed by atoms with van der Waals surface area (Å²) in [6, 6.07) is 0. The second-order valence-electron chi connectivity index (χ2n) is 4.62. The molecule has 1 aliphatic heterocycles. The fourth-order valence-corrected chi connectivity index (χ4v) is 2.58. The lowest BCUT2D eigenvalue weighted by atomic mass is 9.82. The molecule has 0 aromatic carbocycles. The van der Waals surface area contributed by atoms with Crippen molar-refractivity contribution in [2.75, 3.05) is 19.0 Å². The number of alkyl halides is 1. The Morgan fingerprint density at radius 3 is 2.80 bits per heavy atom. The number of rotatable bonds is 3. The van der Waals surface area contributed by atoms with E-state index in [4.69, 9.17) is 11.6 Å². The van der Waals surface area contributed by atoms with Crippen LogP contribution in [0.1, 0.15) is 25.5 Å². The van der Waals surface area contributed by atoms with Crippen molar-refractivity contribution in [1.82, 2.24) is 14.5 Å². The third-order valence-corrected chi connectivity index (χ3v) is 4.38. The first kappa shape index (κ1) is 11.3. The van der Waals surface area contributed by atoms with E-state index in [1.165, 1.54) is 24.4 Å². The van der Waals surface area contributed by atoms with Gasteiger partial charge in [0, 0.05) is 17.8 Å². The minimum atomic E-state index is 0.346. The monoisotopic (exact) mass is 245 g/mol. The van der Waals surface area contributed by atoms with E-state index in [9.17, 15) is 0 Å². The van der Waals surface area contributed by atoms with Gasteiger partial charge in [0.05, 0.1) is 5.69 Å². The van der Waals surface area contributed by atoms with Crippen LogP contribution in [-0.4, -0.2) is 33.5 Å². The third-order valence-electron chi connectivity index (χ3n) is 3.18. The molecule has 0 radical (unpaired) electrons. The van der Waals surface area contributed by atoms with Gasteiger partial charge in [0.1, 0.15) is 0 Å². The van der Waals surface area contributed by atoms with Crippen molar-refractivity contribution in [1.29, 1.82) is 0 Å². The van der Waals surface area contributed by atoms with Crippen LogP contribution in [0.25, 0.3) is 0 Å². The summed E-state index contributed by atoms with van der Waals surface area (Å²) < 4.78 is 3.88. The normalized spacial score (nSPS) is 21.7. The molecule has 0 unspecified atom stereocenters. The maximum absolute atomic E-state index is 5.97. The second-order valence-corrected chi connectivity index (χ2v) is 5.49. The van der Waals surface area contributed by atoms with E-state index < -0.39 is 0 Å². The topological polar surface area (TPSA) is 29.0 Å². The Labute approximate surface area is 99.6 Å². The number of aromatic nitrogens is 2. The summed E-state index contributed by atoms with van der Waals surface area (Å²) in [4.78, 5) is 2.44. The highest BCUT2D eigenvalue weighted by molar-refractivity contribution is 7.03. The molecule has 0 saturated carbocycles.